The molecule has 3 aromatic carbocycles. The third-order valence-corrected chi connectivity index (χ3v) is 11.6. The van der Waals surface area contributed by atoms with Crippen molar-refractivity contribution < 1.29 is 56.0 Å². The molecule has 0 saturated carbocycles. The molecule has 0 radical (unpaired) electrons. The molecule has 2 heterocycles. The highest BCUT2D eigenvalue weighted by Crippen LogP contribution is 2.43. The van der Waals surface area contributed by atoms with Crippen LogP contribution in [0.25, 0.3) is 0 Å². The first-order valence-electron chi connectivity index (χ1n) is 17.1. The van der Waals surface area contributed by atoms with Gasteiger partial charge in [-0.05, 0) is 66.3 Å². The first-order chi connectivity index (χ1) is 24.8. The molecule has 14 nitrogen and oxygen atoms in total. The molecule has 3 N–H and O–H groups in total. The maximum absolute atomic E-state index is 13.8. The summed E-state index contributed by atoms with van der Waals surface area (Å²) in [4.78, 5) is 23.5. The standard InChI is InChI=1S/C36H47N2O12PS/c1-25(2)20-38(52(43,44)30-15-13-28(45-3)14-16-30)21-33(39)32(37-36(40)50-34-23-47-35-31(34)17-18-46-35)19-26-9-11-29(12-10-26)48-24-51(41,42)49-22-27-7-5-4-6-8-27/h4-16,25,31-35,39H,17-24H2,1-3H3,(H,37,40)(H,41,42)/t31?,32-,33+,34-,35?/m0/s1. The minimum atomic E-state index is -4.06. The second-order valence-corrected chi connectivity index (χ2v) is 16.9. The fraction of sp³-hybridized carbons (Fsp3) is 0.472. The Morgan fingerprint density at radius 3 is 2.35 bits per heavy atom. The normalized spacial score (nSPS) is 20.9. The summed E-state index contributed by atoms with van der Waals surface area (Å²) < 4.78 is 74.1. The predicted octanol–water partition coefficient (Wildman–Crippen LogP) is 4.54. The maximum Gasteiger partial charge on any atom is 0.407 e. The van der Waals surface area contributed by atoms with Crippen molar-refractivity contribution in [2.24, 2.45) is 11.8 Å². The fourth-order valence-electron chi connectivity index (χ4n) is 5.98. The Hall–Kier alpha value is -3.53. The molecular formula is C36H47N2O12PS. The van der Waals surface area contributed by atoms with Crippen molar-refractivity contribution >= 4 is 23.7 Å². The predicted molar refractivity (Wildman–Crippen MR) is 190 cm³/mol. The van der Waals surface area contributed by atoms with Crippen LogP contribution in [0.3, 0.4) is 0 Å². The van der Waals surface area contributed by atoms with Crippen molar-refractivity contribution in [2.45, 2.75) is 62.7 Å². The number of aliphatic hydroxyl groups is 1. The van der Waals surface area contributed by atoms with Gasteiger partial charge in [0.15, 0.2) is 12.6 Å². The highest BCUT2D eigenvalue weighted by Gasteiger charge is 2.44. The van der Waals surface area contributed by atoms with Gasteiger partial charge in [0.1, 0.15) is 17.6 Å². The topological polar surface area (TPSA) is 179 Å². The molecule has 0 aromatic heterocycles. The van der Waals surface area contributed by atoms with Gasteiger partial charge < -0.3 is 43.5 Å². The maximum atomic E-state index is 13.8. The van der Waals surface area contributed by atoms with Gasteiger partial charge in [-0.15, -0.1) is 0 Å². The van der Waals surface area contributed by atoms with E-state index in [-0.39, 0.29) is 49.5 Å². The van der Waals surface area contributed by atoms with Crippen molar-refractivity contribution in [3.8, 4) is 11.5 Å². The number of hydrogen-bond donors (Lipinski definition) is 3. The zero-order chi connectivity index (χ0) is 37.3. The summed E-state index contributed by atoms with van der Waals surface area (Å²) in [6.45, 7) is 4.16. The van der Waals surface area contributed by atoms with Gasteiger partial charge in [-0.1, -0.05) is 56.3 Å². The number of nitrogens with zero attached hydrogens (tertiary/aromatic N) is 1. The van der Waals surface area contributed by atoms with Gasteiger partial charge >= 0.3 is 13.7 Å². The number of ether oxygens (including phenoxy) is 5. The molecule has 2 aliphatic heterocycles. The number of benzene rings is 3. The van der Waals surface area contributed by atoms with E-state index in [4.69, 9.17) is 28.2 Å². The number of nitrogens with one attached hydrogen (secondary N) is 1. The summed E-state index contributed by atoms with van der Waals surface area (Å²) in [5.74, 6) is 0.620. The van der Waals surface area contributed by atoms with E-state index in [9.17, 15) is 27.8 Å². The van der Waals surface area contributed by atoms with E-state index < -0.39 is 54.6 Å². The van der Waals surface area contributed by atoms with E-state index in [0.29, 0.717) is 30.1 Å². The number of carbonyl (C=O) groups excluding carboxylic acids is 1. The van der Waals surface area contributed by atoms with E-state index in [1.165, 1.54) is 23.5 Å². The number of methoxy groups -OCH3 is 1. The molecule has 284 valence electrons. The Kier molecular flexibility index (Phi) is 13.7. The lowest BCUT2D eigenvalue weighted by molar-refractivity contribution is -0.0907. The molecule has 3 aromatic rings. The van der Waals surface area contributed by atoms with E-state index in [1.54, 1.807) is 60.7 Å². The molecule has 52 heavy (non-hydrogen) atoms. The number of sulfonamides is 1. The summed E-state index contributed by atoms with van der Waals surface area (Å²) in [6.07, 6.45) is -2.91. The van der Waals surface area contributed by atoms with Crippen LogP contribution in [0.15, 0.2) is 83.8 Å². The monoisotopic (exact) mass is 762 g/mol. The van der Waals surface area contributed by atoms with E-state index >= 15 is 0 Å². The Morgan fingerprint density at radius 2 is 1.67 bits per heavy atom. The van der Waals surface area contributed by atoms with Crippen molar-refractivity contribution in [2.75, 3.05) is 39.8 Å². The second kappa shape index (κ2) is 18.0. The van der Waals surface area contributed by atoms with Gasteiger partial charge in [0.05, 0.1) is 49.9 Å². The minimum absolute atomic E-state index is 0.0353. The zero-order valence-electron chi connectivity index (χ0n) is 29.4. The minimum Gasteiger partial charge on any atom is -0.497 e. The largest absolute Gasteiger partial charge is 0.497 e. The van der Waals surface area contributed by atoms with Crippen LogP contribution in [0.5, 0.6) is 11.5 Å². The van der Waals surface area contributed by atoms with Crippen LogP contribution in [0.2, 0.25) is 0 Å². The number of hydrogen-bond acceptors (Lipinski definition) is 11. The SMILES string of the molecule is COc1ccc(S(=O)(=O)N(CC(C)C)C[C@@H](O)[C@H](Cc2ccc(OCP(=O)(O)OCc3ccccc3)cc2)NC(=O)O[C@H]2COC3OCCC32)cc1. The number of alkyl carbamates (subject to hydrolysis) is 1. The van der Waals surface area contributed by atoms with E-state index in [0.717, 1.165) is 5.56 Å². The van der Waals surface area contributed by atoms with Crippen LogP contribution < -0.4 is 14.8 Å². The molecule has 16 heteroatoms. The summed E-state index contributed by atoms with van der Waals surface area (Å²) in [5.41, 5.74) is 1.40. The van der Waals surface area contributed by atoms with Gasteiger partial charge in [0.2, 0.25) is 10.0 Å². The summed E-state index contributed by atoms with van der Waals surface area (Å²) in [7, 11) is -6.63. The number of fused-ring (bicyclic) bond motifs is 1. The third kappa shape index (κ3) is 11.0. The van der Waals surface area contributed by atoms with Crippen molar-refractivity contribution in [3.63, 3.8) is 0 Å². The first-order valence-corrected chi connectivity index (χ1v) is 20.3. The first kappa shape index (κ1) is 39.7. The van der Waals surface area contributed by atoms with Gasteiger partial charge in [0, 0.05) is 13.1 Å². The smallest absolute Gasteiger partial charge is 0.407 e. The van der Waals surface area contributed by atoms with Crippen LogP contribution >= 0.6 is 7.60 Å². The molecular weight excluding hydrogens is 715 g/mol. The lowest BCUT2D eigenvalue weighted by atomic mass is 10.0. The van der Waals surface area contributed by atoms with E-state index in [1.807, 2.05) is 19.9 Å². The average molecular weight is 763 g/mol. The van der Waals surface area contributed by atoms with Crippen molar-refractivity contribution in [1.82, 2.24) is 9.62 Å². The van der Waals surface area contributed by atoms with Crippen LogP contribution in [0.4, 0.5) is 4.79 Å². The van der Waals surface area contributed by atoms with Crippen molar-refractivity contribution in [3.05, 3.63) is 90.0 Å². The molecule has 2 fully saturated rings. The van der Waals surface area contributed by atoms with E-state index in [2.05, 4.69) is 5.32 Å². The molecule has 2 saturated heterocycles. The number of aliphatic hydroxyl groups excluding tert-OH is 1. The Morgan fingerprint density at radius 1 is 0.981 bits per heavy atom. The molecule has 5 rings (SSSR count). The molecule has 0 bridgehead atoms. The molecule has 0 spiro atoms. The third-order valence-electron chi connectivity index (χ3n) is 8.72. The average Bonchev–Trinajstić information content (AvgIpc) is 3.75. The molecule has 0 aliphatic carbocycles. The molecule has 3 unspecified atom stereocenters. The molecule has 1 amide bonds. The van der Waals surface area contributed by atoms with Crippen LogP contribution in [-0.2, 0) is 46.4 Å². The summed E-state index contributed by atoms with van der Waals surface area (Å²) in [6, 6.07) is 20.5. The van der Waals surface area contributed by atoms with Crippen LogP contribution in [0.1, 0.15) is 31.4 Å². The second-order valence-electron chi connectivity index (χ2n) is 13.2. The lowest BCUT2D eigenvalue weighted by Crippen LogP contribution is -2.51. The lowest BCUT2D eigenvalue weighted by Gasteiger charge is -2.31. The molecule has 6 atom stereocenters. The highest BCUT2D eigenvalue weighted by molar-refractivity contribution is 7.89. The number of carbonyl (C=O) groups is 1. The van der Waals surface area contributed by atoms with Gasteiger partial charge in [-0.25, -0.2) is 13.2 Å². The summed E-state index contributed by atoms with van der Waals surface area (Å²) in [5, 5.41) is 14.4. The van der Waals surface area contributed by atoms with Crippen molar-refractivity contribution in [1.29, 1.82) is 0 Å². The van der Waals surface area contributed by atoms with Gasteiger partial charge in [-0.2, -0.15) is 4.31 Å². The molecule has 2 aliphatic rings. The summed E-state index contributed by atoms with van der Waals surface area (Å²) >= 11 is 0. The Balaban J connectivity index is 1.28. The number of amides is 1. The van der Waals surface area contributed by atoms with Gasteiger partial charge in [0.25, 0.3) is 0 Å². The Labute approximate surface area is 304 Å². The van der Waals surface area contributed by atoms with Crippen LogP contribution in [0, 0.1) is 11.8 Å². The van der Waals surface area contributed by atoms with Gasteiger partial charge in [-0.3, -0.25) is 4.57 Å². The van der Waals surface area contributed by atoms with Crippen LogP contribution in [-0.4, -0.2) is 93.1 Å². The fourth-order valence-corrected chi connectivity index (χ4v) is 8.34. The highest BCUT2D eigenvalue weighted by atomic mass is 32.2. The quantitative estimate of drug-likeness (QED) is 0.154. The number of rotatable bonds is 18. The zero-order valence-corrected chi connectivity index (χ0v) is 31.1. The Bertz CT molecular complexity index is 1750.